The van der Waals surface area contributed by atoms with Gasteiger partial charge in [0.2, 0.25) is 0 Å². The molecule has 1 rings (SSSR count). The van der Waals surface area contributed by atoms with Gasteiger partial charge in [0.15, 0.2) is 0 Å². The molecule has 0 aliphatic heterocycles. The molecule has 0 aromatic heterocycles. The first-order valence-electron chi connectivity index (χ1n) is 5.66. The normalized spacial score (nSPS) is 12.1. The van der Waals surface area contributed by atoms with Gasteiger partial charge >= 0.3 is 12.1 Å². The van der Waals surface area contributed by atoms with Gasteiger partial charge in [-0.25, -0.2) is 0 Å². The van der Waals surface area contributed by atoms with Crippen molar-refractivity contribution in [3.8, 4) is 5.75 Å². The van der Waals surface area contributed by atoms with Gasteiger partial charge in [-0.15, -0.1) is 0 Å². The molecule has 0 fully saturated rings. The summed E-state index contributed by atoms with van der Waals surface area (Å²) >= 11 is 0. The van der Waals surface area contributed by atoms with Crippen LogP contribution in [-0.2, 0) is 4.79 Å². The summed E-state index contributed by atoms with van der Waals surface area (Å²) in [6.45, 7) is -0.251. The van der Waals surface area contributed by atoms with Crippen LogP contribution in [0.4, 0.5) is 22.0 Å². The number of carbonyl (C=O) groups excluding carboxylic acids is 1. The third-order valence-electron chi connectivity index (χ3n) is 2.26. The molecule has 1 N–H and O–H groups in total. The Morgan fingerprint density at radius 1 is 1.10 bits per heavy atom. The number of para-hydroxylation sites is 1. The highest BCUT2D eigenvalue weighted by Gasteiger charge is 2.63. The molecule has 0 spiro atoms. The van der Waals surface area contributed by atoms with Crippen LogP contribution in [-0.4, -0.2) is 31.2 Å². The average Bonchev–Trinajstić information content (AvgIpc) is 2.38. The SMILES string of the molecule is O=C(NCCCOc1ccccc1)C(F)(F)C(F)(F)F. The molecule has 0 saturated carbocycles. The van der Waals surface area contributed by atoms with Crippen molar-refractivity contribution in [3.63, 3.8) is 0 Å². The number of hydrogen-bond acceptors (Lipinski definition) is 2. The lowest BCUT2D eigenvalue weighted by atomic mass is 10.3. The molecule has 0 radical (unpaired) electrons. The van der Waals surface area contributed by atoms with Gasteiger partial charge in [0.1, 0.15) is 5.75 Å². The van der Waals surface area contributed by atoms with Crippen molar-refractivity contribution in [2.75, 3.05) is 13.2 Å². The van der Waals surface area contributed by atoms with E-state index in [2.05, 4.69) is 0 Å². The largest absolute Gasteiger partial charge is 0.494 e. The van der Waals surface area contributed by atoms with Crippen LogP contribution in [0.25, 0.3) is 0 Å². The van der Waals surface area contributed by atoms with Crippen LogP contribution in [0.2, 0.25) is 0 Å². The number of carbonyl (C=O) groups is 1. The lowest BCUT2D eigenvalue weighted by molar-refractivity contribution is -0.269. The van der Waals surface area contributed by atoms with Gasteiger partial charge in [-0.2, -0.15) is 22.0 Å². The van der Waals surface area contributed by atoms with Gasteiger partial charge in [0, 0.05) is 6.54 Å². The standard InChI is InChI=1S/C12H12F5NO2/c13-11(14,12(15,16)17)10(19)18-7-4-8-20-9-5-2-1-3-6-9/h1-3,5-6H,4,7-8H2,(H,18,19). The molecule has 8 heteroatoms. The van der Waals surface area contributed by atoms with Gasteiger partial charge in [0.25, 0.3) is 5.91 Å². The molecule has 1 amide bonds. The van der Waals surface area contributed by atoms with Crippen LogP contribution < -0.4 is 10.1 Å². The Labute approximate surface area is 111 Å². The van der Waals surface area contributed by atoms with Crippen LogP contribution in [0.15, 0.2) is 30.3 Å². The monoisotopic (exact) mass is 297 g/mol. The Balaban J connectivity index is 2.26. The molecule has 0 atom stereocenters. The summed E-state index contributed by atoms with van der Waals surface area (Å²) in [5.41, 5.74) is 0. The molecular formula is C12H12F5NO2. The highest BCUT2D eigenvalue weighted by Crippen LogP contribution is 2.35. The fourth-order valence-corrected chi connectivity index (χ4v) is 1.22. The maximum Gasteiger partial charge on any atom is 0.463 e. The number of benzene rings is 1. The second-order valence-corrected chi connectivity index (χ2v) is 3.84. The van der Waals surface area contributed by atoms with Gasteiger partial charge in [-0.3, -0.25) is 4.79 Å². The van der Waals surface area contributed by atoms with Crippen LogP contribution in [0, 0.1) is 0 Å². The molecule has 0 aliphatic rings. The lowest BCUT2D eigenvalue weighted by Gasteiger charge is -2.18. The maximum absolute atomic E-state index is 12.5. The molecule has 0 heterocycles. The van der Waals surface area contributed by atoms with Gasteiger partial charge in [0.05, 0.1) is 6.61 Å². The number of amides is 1. The minimum atomic E-state index is -5.89. The molecule has 0 unspecified atom stereocenters. The summed E-state index contributed by atoms with van der Waals surface area (Å²) in [5, 5.41) is 1.53. The minimum Gasteiger partial charge on any atom is -0.494 e. The highest BCUT2D eigenvalue weighted by atomic mass is 19.4. The van der Waals surface area contributed by atoms with E-state index in [9.17, 15) is 26.7 Å². The Morgan fingerprint density at radius 2 is 1.70 bits per heavy atom. The van der Waals surface area contributed by atoms with E-state index >= 15 is 0 Å². The smallest absolute Gasteiger partial charge is 0.463 e. The number of ether oxygens (including phenoxy) is 1. The molecular weight excluding hydrogens is 285 g/mol. The summed E-state index contributed by atoms with van der Waals surface area (Å²) in [4.78, 5) is 10.7. The van der Waals surface area contributed by atoms with Gasteiger partial charge < -0.3 is 10.1 Å². The quantitative estimate of drug-likeness (QED) is 0.647. The van der Waals surface area contributed by atoms with Gasteiger partial charge in [-0.05, 0) is 18.6 Å². The van der Waals surface area contributed by atoms with E-state index in [1.54, 1.807) is 30.3 Å². The average molecular weight is 297 g/mol. The van der Waals surface area contributed by atoms with E-state index in [4.69, 9.17) is 4.74 Å². The van der Waals surface area contributed by atoms with Crippen molar-refractivity contribution in [2.45, 2.75) is 18.5 Å². The van der Waals surface area contributed by atoms with E-state index in [0.29, 0.717) is 5.75 Å². The first kappa shape index (κ1) is 16.2. The summed E-state index contributed by atoms with van der Waals surface area (Å²) in [6.07, 6.45) is -5.79. The molecule has 112 valence electrons. The second-order valence-electron chi connectivity index (χ2n) is 3.84. The zero-order chi connectivity index (χ0) is 15.2. The molecule has 0 bridgehead atoms. The van der Waals surface area contributed by atoms with E-state index in [-0.39, 0.29) is 19.6 Å². The van der Waals surface area contributed by atoms with Crippen molar-refractivity contribution in [3.05, 3.63) is 30.3 Å². The van der Waals surface area contributed by atoms with E-state index in [1.165, 1.54) is 5.32 Å². The summed E-state index contributed by atoms with van der Waals surface area (Å²) in [7, 11) is 0. The van der Waals surface area contributed by atoms with E-state index in [1.807, 2.05) is 0 Å². The predicted octanol–water partition coefficient (Wildman–Crippen LogP) is 2.77. The fourth-order valence-electron chi connectivity index (χ4n) is 1.22. The number of hydrogen-bond donors (Lipinski definition) is 1. The number of rotatable bonds is 6. The Bertz CT molecular complexity index is 433. The zero-order valence-electron chi connectivity index (χ0n) is 10.2. The van der Waals surface area contributed by atoms with E-state index in [0.717, 1.165) is 0 Å². The first-order valence-corrected chi connectivity index (χ1v) is 5.66. The number of nitrogens with one attached hydrogen (secondary N) is 1. The van der Waals surface area contributed by atoms with E-state index < -0.39 is 18.0 Å². The highest BCUT2D eigenvalue weighted by molar-refractivity contribution is 5.84. The lowest BCUT2D eigenvalue weighted by Crippen LogP contribution is -2.50. The Morgan fingerprint density at radius 3 is 2.25 bits per heavy atom. The second kappa shape index (κ2) is 6.53. The van der Waals surface area contributed by atoms with Crippen molar-refractivity contribution in [1.29, 1.82) is 0 Å². The summed E-state index contributed by atoms with van der Waals surface area (Å²) in [5.74, 6) is -7.20. The minimum absolute atomic E-state index is 0.0852. The molecule has 0 saturated heterocycles. The summed E-state index contributed by atoms with van der Waals surface area (Å²) in [6, 6.07) is 8.54. The third kappa shape index (κ3) is 4.36. The maximum atomic E-state index is 12.5. The first-order chi connectivity index (χ1) is 9.25. The van der Waals surface area contributed by atoms with Crippen LogP contribution in [0.3, 0.4) is 0 Å². The topological polar surface area (TPSA) is 38.3 Å². The molecule has 1 aromatic rings. The number of halogens is 5. The van der Waals surface area contributed by atoms with Crippen molar-refractivity contribution in [1.82, 2.24) is 5.32 Å². The van der Waals surface area contributed by atoms with Crippen molar-refractivity contribution < 1.29 is 31.5 Å². The van der Waals surface area contributed by atoms with Gasteiger partial charge in [-0.1, -0.05) is 18.2 Å². The molecule has 0 aliphatic carbocycles. The third-order valence-corrected chi connectivity index (χ3v) is 2.26. The molecule has 3 nitrogen and oxygen atoms in total. The number of alkyl halides is 5. The van der Waals surface area contributed by atoms with Crippen LogP contribution in [0.5, 0.6) is 5.75 Å². The Hall–Kier alpha value is -1.86. The molecule has 1 aromatic carbocycles. The zero-order valence-corrected chi connectivity index (χ0v) is 10.2. The predicted molar refractivity (Wildman–Crippen MR) is 60.6 cm³/mol. The Kier molecular flexibility index (Phi) is 5.29. The van der Waals surface area contributed by atoms with Crippen molar-refractivity contribution in [2.24, 2.45) is 0 Å². The summed E-state index contributed by atoms with van der Waals surface area (Å²) < 4.78 is 65.8. The van der Waals surface area contributed by atoms with Crippen LogP contribution >= 0.6 is 0 Å². The molecule has 20 heavy (non-hydrogen) atoms. The fraction of sp³-hybridized carbons (Fsp3) is 0.417. The van der Waals surface area contributed by atoms with Crippen molar-refractivity contribution >= 4 is 5.91 Å². The van der Waals surface area contributed by atoms with Crippen LogP contribution in [0.1, 0.15) is 6.42 Å².